The van der Waals surface area contributed by atoms with E-state index in [9.17, 15) is 4.79 Å². The molecule has 0 N–H and O–H groups in total. The van der Waals surface area contributed by atoms with Gasteiger partial charge < -0.3 is 4.74 Å². The van der Waals surface area contributed by atoms with Crippen LogP contribution >= 0.6 is 15.9 Å². The predicted molar refractivity (Wildman–Crippen MR) is 60.5 cm³/mol. The summed E-state index contributed by atoms with van der Waals surface area (Å²) in [6.07, 6.45) is 6.36. The lowest BCUT2D eigenvalue weighted by Crippen LogP contribution is -2.33. The molecule has 0 amide bonds. The molecule has 1 aliphatic carbocycles. The van der Waals surface area contributed by atoms with Crippen LogP contribution in [0.3, 0.4) is 0 Å². The first-order valence-corrected chi connectivity index (χ1v) is 6.34. The molecule has 0 aromatic rings. The summed E-state index contributed by atoms with van der Waals surface area (Å²) in [4.78, 5) is 11.2. The molecule has 0 heterocycles. The van der Waals surface area contributed by atoms with Gasteiger partial charge in [0.05, 0.1) is 0 Å². The van der Waals surface area contributed by atoms with Gasteiger partial charge in [0.1, 0.15) is 6.10 Å². The molecule has 0 bridgehead atoms. The quantitative estimate of drug-likeness (QED) is 0.577. The van der Waals surface area contributed by atoms with Gasteiger partial charge in [-0.3, -0.25) is 4.79 Å². The predicted octanol–water partition coefficient (Wildman–Crippen LogP) is 3.28. The van der Waals surface area contributed by atoms with Crippen molar-refractivity contribution in [3.8, 4) is 0 Å². The van der Waals surface area contributed by atoms with E-state index < -0.39 is 0 Å². The molecular formula is C11H19BrO2. The van der Waals surface area contributed by atoms with Crippen LogP contribution in [-0.2, 0) is 9.53 Å². The van der Waals surface area contributed by atoms with Crippen LogP contribution in [0, 0.1) is 5.92 Å². The van der Waals surface area contributed by atoms with Gasteiger partial charge in [-0.25, -0.2) is 0 Å². The third-order valence-electron chi connectivity index (χ3n) is 2.87. The fraction of sp³-hybridized carbons (Fsp3) is 0.909. The van der Waals surface area contributed by atoms with Gasteiger partial charge in [0.2, 0.25) is 0 Å². The number of rotatable bonds is 3. The molecule has 3 heteroatoms. The third kappa shape index (κ3) is 3.60. The number of carbonyl (C=O) groups excluding carboxylic acids is 1. The first-order chi connectivity index (χ1) is 6.61. The molecule has 0 aromatic carbocycles. The number of alkyl halides is 1. The molecule has 14 heavy (non-hydrogen) atoms. The van der Waals surface area contributed by atoms with Gasteiger partial charge >= 0.3 is 5.97 Å². The molecule has 0 saturated heterocycles. The molecule has 0 radical (unpaired) electrons. The summed E-state index contributed by atoms with van der Waals surface area (Å²) in [6.45, 7) is 3.55. The molecule has 0 aliphatic heterocycles. The lowest BCUT2D eigenvalue weighted by molar-refractivity contribution is -0.149. The molecule has 0 unspecified atom stereocenters. The summed E-state index contributed by atoms with van der Waals surface area (Å²) >= 11 is 3.53. The van der Waals surface area contributed by atoms with Crippen LogP contribution in [-0.4, -0.2) is 16.9 Å². The van der Waals surface area contributed by atoms with E-state index in [0.29, 0.717) is 5.92 Å². The molecule has 1 aliphatic rings. The highest BCUT2D eigenvalue weighted by molar-refractivity contribution is 9.09. The number of halogens is 1. The Balaban J connectivity index is 2.51. The Labute approximate surface area is 94.5 Å². The van der Waals surface area contributed by atoms with Gasteiger partial charge in [0.25, 0.3) is 0 Å². The summed E-state index contributed by atoms with van der Waals surface area (Å²) in [5.74, 6) is 0.397. The van der Waals surface area contributed by atoms with Gasteiger partial charge in [-0.1, -0.05) is 35.2 Å². The summed E-state index contributed by atoms with van der Waals surface area (Å²) in [7, 11) is 0. The monoisotopic (exact) mass is 262 g/mol. The van der Waals surface area contributed by atoms with E-state index in [-0.39, 0.29) is 16.9 Å². The van der Waals surface area contributed by atoms with Crippen molar-refractivity contribution in [1.82, 2.24) is 0 Å². The van der Waals surface area contributed by atoms with Crippen molar-refractivity contribution in [1.29, 1.82) is 0 Å². The second-order valence-electron chi connectivity index (χ2n) is 4.15. The van der Waals surface area contributed by atoms with Crippen LogP contribution in [0.4, 0.5) is 0 Å². The molecule has 1 saturated carbocycles. The minimum atomic E-state index is -0.160. The van der Waals surface area contributed by atoms with Crippen LogP contribution < -0.4 is 0 Å². The van der Waals surface area contributed by atoms with Gasteiger partial charge in [-0.15, -0.1) is 0 Å². The second-order valence-corrected chi connectivity index (χ2v) is 5.59. The van der Waals surface area contributed by atoms with Gasteiger partial charge in [0.15, 0.2) is 0 Å². The normalized spacial score (nSPS) is 22.8. The molecule has 2 nitrogen and oxygen atoms in total. The van der Waals surface area contributed by atoms with E-state index in [2.05, 4.69) is 22.9 Å². The molecule has 0 spiro atoms. The number of ether oxygens (including phenoxy) is 1. The number of esters is 1. The first kappa shape index (κ1) is 12.0. The largest absolute Gasteiger partial charge is 0.461 e. The Bertz CT molecular complexity index is 186. The Hall–Kier alpha value is -0.0500. The lowest BCUT2D eigenvalue weighted by atomic mass is 9.84. The Morgan fingerprint density at radius 1 is 1.36 bits per heavy atom. The van der Waals surface area contributed by atoms with Crippen molar-refractivity contribution in [2.45, 2.75) is 56.9 Å². The van der Waals surface area contributed by atoms with Gasteiger partial charge in [-0.2, -0.15) is 0 Å². The molecule has 1 rings (SSSR count). The maximum Gasteiger partial charge on any atom is 0.302 e. The summed E-state index contributed by atoms with van der Waals surface area (Å²) in [6, 6.07) is 0. The van der Waals surface area contributed by atoms with Crippen LogP contribution in [0.15, 0.2) is 0 Å². The SMILES string of the molecule is CC(=O)O[C@H](C1CCCCC1)[C@H](C)Br. The Kier molecular flexibility index (Phi) is 4.93. The molecule has 2 atom stereocenters. The van der Waals surface area contributed by atoms with Crippen LogP contribution in [0.1, 0.15) is 46.0 Å². The zero-order valence-corrected chi connectivity index (χ0v) is 10.5. The van der Waals surface area contributed by atoms with E-state index in [1.807, 2.05) is 0 Å². The highest BCUT2D eigenvalue weighted by Crippen LogP contribution is 2.31. The number of hydrogen-bond donors (Lipinski definition) is 0. The number of hydrogen-bond acceptors (Lipinski definition) is 2. The molecule has 82 valence electrons. The minimum absolute atomic E-state index is 0.0628. The average Bonchev–Trinajstić information content (AvgIpc) is 2.15. The fourth-order valence-electron chi connectivity index (χ4n) is 2.22. The second kappa shape index (κ2) is 5.74. The maximum absolute atomic E-state index is 11.0. The van der Waals surface area contributed by atoms with E-state index in [0.717, 1.165) is 0 Å². The van der Waals surface area contributed by atoms with Crippen molar-refractivity contribution in [2.24, 2.45) is 5.92 Å². The van der Waals surface area contributed by atoms with Crippen molar-refractivity contribution < 1.29 is 9.53 Å². The summed E-state index contributed by atoms with van der Waals surface area (Å²) in [5.41, 5.74) is 0. The fourth-order valence-corrected chi connectivity index (χ4v) is 2.76. The molecule has 0 aromatic heterocycles. The van der Waals surface area contributed by atoms with Gasteiger partial charge in [0, 0.05) is 11.8 Å². The Morgan fingerprint density at radius 2 is 1.93 bits per heavy atom. The lowest BCUT2D eigenvalue weighted by Gasteiger charge is -2.31. The van der Waals surface area contributed by atoms with E-state index in [1.54, 1.807) is 0 Å². The minimum Gasteiger partial charge on any atom is -0.461 e. The highest BCUT2D eigenvalue weighted by Gasteiger charge is 2.29. The molecular weight excluding hydrogens is 244 g/mol. The van der Waals surface area contributed by atoms with Gasteiger partial charge in [-0.05, 0) is 25.7 Å². The van der Waals surface area contributed by atoms with E-state index in [4.69, 9.17) is 4.74 Å². The van der Waals surface area contributed by atoms with Crippen molar-refractivity contribution in [3.05, 3.63) is 0 Å². The molecule has 1 fully saturated rings. The zero-order valence-electron chi connectivity index (χ0n) is 8.96. The van der Waals surface area contributed by atoms with E-state index >= 15 is 0 Å². The van der Waals surface area contributed by atoms with Crippen molar-refractivity contribution >= 4 is 21.9 Å². The highest BCUT2D eigenvalue weighted by atomic mass is 79.9. The van der Waals surface area contributed by atoms with Crippen LogP contribution in [0.2, 0.25) is 0 Å². The zero-order chi connectivity index (χ0) is 10.6. The number of carbonyl (C=O) groups is 1. The summed E-state index contributed by atoms with van der Waals surface area (Å²) in [5, 5.41) is 0. The topological polar surface area (TPSA) is 26.3 Å². The van der Waals surface area contributed by atoms with E-state index in [1.165, 1.54) is 39.0 Å². The van der Waals surface area contributed by atoms with Crippen LogP contribution in [0.5, 0.6) is 0 Å². The third-order valence-corrected chi connectivity index (χ3v) is 3.39. The smallest absolute Gasteiger partial charge is 0.302 e. The standard InChI is InChI=1S/C11H19BrO2/c1-8(12)11(14-9(2)13)10-6-4-3-5-7-10/h8,10-11H,3-7H2,1-2H3/t8-,11-/m0/s1. The summed E-state index contributed by atoms with van der Waals surface area (Å²) < 4.78 is 5.37. The first-order valence-electron chi connectivity index (χ1n) is 5.42. The average molecular weight is 263 g/mol. The Morgan fingerprint density at radius 3 is 2.36 bits per heavy atom. The van der Waals surface area contributed by atoms with Crippen molar-refractivity contribution in [2.75, 3.05) is 0 Å². The van der Waals surface area contributed by atoms with Crippen LogP contribution in [0.25, 0.3) is 0 Å². The maximum atomic E-state index is 11.0. The van der Waals surface area contributed by atoms with Crippen molar-refractivity contribution in [3.63, 3.8) is 0 Å².